The first-order valence-electron chi connectivity index (χ1n) is 13.1. The molecule has 0 spiro atoms. The number of ketones is 1. The van der Waals surface area contributed by atoms with Crippen LogP contribution in [0.5, 0.6) is 0 Å². The molecule has 3 aromatic rings. The van der Waals surface area contributed by atoms with Gasteiger partial charge in [-0.05, 0) is 69.4 Å². The molecule has 0 amide bonds. The van der Waals surface area contributed by atoms with E-state index in [1.54, 1.807) is 6.07 Å². The molecule has 0 N–H and O–H groups in total. The number of Topliss-reactive ketones (excluding diaryl/α,β-unsaturated/α-hetero) is 1. The molecule has 2 aromatic heterocycles. The lowest BCUT2D eigenvalue weighted by Gasteiger charge is -2.23. The lowest BCUT2D eigenvalue weighted by atomic mass is 10.0. The van der Waals surface area contributed by atoms with Crippen LogP contribution in [0, 0.1) is 0 Å². The number of alkyl halides is 3. The zero-order valence-electron chi connectivity index (χ0n) is 21.7. The molecular weight excluding hydrogens is 585 g/mol. The summed E-state index contributed by atoms with van der Waals surface area (Å²) in [5, 5.41) is 0. The monoisotopic (exact) mass is 612 g/mol. The Morgan fingerprint density at radius 1 is 1.07 bits per heavy atom. The van der Waals surface area contributed by atoms with Crippen LogP contribution in [0.2, 0.25) is 4.34 Å². The number of anilines is 1. The Bertz CT molecular complexity index is 1500. The van der Waals surface area contributed by atoms with Gasteiger partial charge in [-0.15, -0.1) is 11.3 Å². The summed E-state index contributed by atoms with van der Waals surface area (Å²) in [5.41, 5.74) is 0.814. The van der Waals surface area contributed by atoms with E-state index in [2.05, 4.69) is 16.8 Å². The van der Waals surface area contributed by atoms with Crippen molar-refractivity contribution in [3.8, 4) is 11.3 Å². The average molecular weight is 613 g/mol. The van der Waals surface area contributed by atoms with Crippen molar-refractivity contribution >= 4 is 44.7 Å². The molecule has 7 nitrogen and oxygen atoms in total. The molecule has 0 radical (unpaired) electrons. The van der Waals surface area contributed by atoms with E-state index in [0.717, 1.165) is 42.9 Å². The highest BCUT2D eigenvalue weighted by molar-refractivity contribution is 7.91. The van der Waals surface area contributed by atoms with Gasteiger partial charge in [-0.2, -0.15) is 17.5 Å². The highest BCUT2D eigenvalue weighted by Gasteiger charge is 2.39. The van der Waals surface area contributed by atoms with E-state index in [9.17, 15) is 26.4 Å². The Morgan fingerprint density at radius 3 is 2.42 bits per heavy atom. The van der Waals surface area contributed by atoms with Crippen LogP contribution in [-0.4, -0.2) is 53.6 Å². The SMILES string of the molecule is C[C@H]1CCCN1c1nc(CCC(=O)[C@@H]2CCCN2S(=O)(=O)c2ccc(Cl)s2)cc(-c2ccc(C(F)(F)F)cc2)n1. The second-order valence-corrected chi connectivity index (χ2v) is 13.9. The Kier molecular flexibility index (Phi) is 8.24. The van der Waals surface area contributed by atoms with Crippen LogP contribution >= 0.6 is 22.9 Å². The van der Waals surface area contributed by atoms with Crippen LogP contribution < -0.4 is 4.90 Å². The number of hydrogen-bond donors (Lipinski definition) is 0. The van der Waals surface area contributed by atoms with E-state index in [4.69, 9.17) is 16.6 Å². The number of carbonyl (C=O) groups is 1. The third-order valence-corrected chi connectivity index (χ3v) is 11.0. The summed E-state index contributed by atoms with van der Waals surface area (Å²) in [6.07, 6.45) is -1.15. The summed E-state index contributed by atoms with van der Waals surface area (Å²) in [7, 11) is -3.84. The van der Waals surface area contributed by atoms with Gasteiger partial charge in [-0.3, -0.25) is 4.79 Å². The highest BCUT2D eigenvalue weighted by Crippen LogP contribution is 2.34. The molecule has 2 atom stereocenters. The molecule has 4 heterocycles. The molecule has 0 saturated carbocycles. The second kappa shape index (κ2) is 11.4. The molecule has 2 aliphatic heterocycles. The topological polar surface area (TPSA) is 83.5 Å². The zero-order valence-corrected chi connectivity index (χ0v) is 24.1. The number of halogens is 4. The molecule has 13 heteroatoms. The fourth-order valence-electron chi connectivity index (χ4n) is 5.27. The zero-order chi connectivity index (χ0) is 28.7. The lowest BCUT2D eigenvalue weighted by Crippen LogP contribution is -2.40. The molecule has 5 rings (SSSR count). The number of aryl methyl sites for hydroxylation is 1. The van der Waals surface area contributed by atoms with Gasteiger partial charge in [-0.1, -0.05) is 23.7 Å². The molecule has 0 bridgehead atoms. The Labute approximate surface area is 240 Å². The quantitative estimate of drug-likeness (QED) is 0.300. The first-order chi connectivity index (χ1) is 18.9. The number of aromatic nitrogens is 2. The molecule has 1 aromatic carbocycles. The van der Waals surface area contributed by atoms with Crippen molar-refractivity contribution in [3.05, 3.63) is 58.1 Å². The third-order valence-electron chi connectivity index (χ3n) is 7.40. The Balaban J connectivity index is 1.38. The van der Waals surface area contributed by atoms with E-state index >= 15 is 0 Å². The number of thiophene rings is 1. The van der Waals surface area contributed by atoms with Gasteiger partial charge in [-0.25, -0.2) is 18.4 Å². The predicted molar refractivity (Wildman–Crippen MR) is 148 cm³/mol. The summed E-state index contributed by atoms with van der Waals surface area (Å²) < 4.78 is 67.4. The van der Waals surface area contributed by atoms with Gasteiger partial charge < -0.3 is 4.90 Å². The van der Waals surface area contributed by atoms with Crippen molar-refractivity contribution in [3.63, 3.8) is 0 Å². The Hall–Kier alpha value is -2.54. The minimum Gasteiger partial charge on any atom is -0.338 e. The van der Waals surface area contributed by atoms with Gasteiger partial charge in [0.1, 0.15) is 4.21 Å². The molecule has 0 aliphatic carbocycles. The van der Waals surface area contributed by atoms with Crippen molar-refractivity contribution in [1.29, 1.82) is 0 Å². The predicted octanol–water partition coefficient (Wildman–Crippen LogP) is 6.22. The first-order valence-corrected chi connectivity index (χ1v) is 15.7. The minimum atomic E-state index is -4.44. The average Bonchev–Trinajstić information content (AvgIpc) is 3.68. The highest BCUT2D eigenvalue weighted by atomic mass is 35.5. The fraction of sp³-hybridized carbons (Fsp3) is 0.444. The number of rotatable bonds is 8. The third kappa shape index (κ3) is 6.05. The summed E-state index contributed by atoms with van der Waals surface area (Å²) in [6.45, 7) is 3.09. The number of carbonyl (C=O) groups excluding carboxylic acids is 1. The van der Waals surface area contributed by atoms with Crippen LogP contribution in [0.1, 0.15) is 50.3 Å². The standard InChI is InChI=1S/C27H28ClF3N4O3S2/c1-17-4-2-14-34(17)26-32-20(16-21(33-26)18-6-8-19(9-7-18)27(29,30)31)10-11-23(36)22-5-3-15-35(22)40(37,38)25-13-12-24(28)39-25/h6-9,12-13,16-17,22H,2-5,10-11,14-15H2,1H3/t17-,22-/m0/s1. The van der Waals surface area contributed by atoms with Crippen LogP contribution in [0.3, 0.4) is 0 Å². The van der Waals surface area contributed by atoms with Crippen molar-refractivity contribution < 1.29 is 26.4 Å². The van der Waals surface area contributed by atoms with Gasteiger partial charge in [0.15, 0.2) is 5.78 Å². The smallest absolute Gasteiger partial charge is 0.338 e. The summed E-state index contributed by atoms with van der Waals surface area (Å²) in [6, 6.07) is 8.92. The Morgan fingerprint density at radius 2 is 1.80 bits per heavy atom. The van der Waals surface area contributed by atoms with Gasteiger partial charge >= 0.3 is 6.18 Å². The van der Waals surface area contributed by atoms with Crippen LogP contribution in [0.4, 0.5) is 19.1 Å². The maximum Gasteiger partial charge on any atom is 0.416 e. The normalized spacial score (nSPS) is 20.4. The van der Waals surface area contributed by atoms with Crippen molar-refractivity contribution in [2.75, 3.05) is 18.0 Å². The summed E-state index contributed by atoms with van der Waals surface area (Å²) in [5.74, 6) is 0.277. The minimum absolute atomic E-state index is 0.0698. The van der Waals surface area contributed by atoms with E-state index in [0.29, 0.717) is 40.1 Å². The molecule has 0 unspecified atom stereocenters. The maximum atomic E-state index is 13.3. The summed E-state index contributed by atoms with van der Waals surface area (Å²) in [4.78, 5) is 24.7. The first kappa shape index (κ1) is 29.0. The van der Waals surface area contributed by atoms with E-state index in [1.165, 1.54) is 28.6 Å². The molecule has 40 heavy (non-hydrogen) atoms. The van der Waals surface area contributed by atoms with E-state index in [-0.39, 0.29) is 35.4 Å². The second-order valence-electron chi connectivity index (χ2n) is 10.1. The van der Waals surface area contributed by atoms with Crippen molar-refractivity contribution in [1.82, 2.24) is 14.3 Å². The van der Waals surface area contributed by atoms with Crippen LogP contribution in [-0.2, 0) is 27.4 Å². The maximum absolute atomic E-state index is 13.3. The molecule has 2 saturated heterocycles. The number of nitrogens with zero attached hydrogens (tertiary/aromatic N) is 4. The van der Waals surface area contributed by atoms with Gasteiger partial charge in [0.2, 0.25) is 5.95 Å². The largest absolute Gasteiger partial charge is 0.416 e. The van der Waals surface area contributed by atoms with Crippen molar-refractivity contribution in [2.45, 2.75) is 67.9 Å². The van der Waals surface area contributed by atoms with Crippen LogP contribution in [0.15, 0.2) is 46.7 Å². The molecule has 2 fully saturated rings. The lowest BCUT2D eigenvalue weighted by molar-refractivity contribution is -0.137. The fourth-order valence-corrected chi connectivity index (χ4v) is 8.56. The molecule has 2 aliphatic rings. The van der Waals surface area contributed by atoms with Crippen LogP contribution in [0.25, 0.3) is 11.3 Å². The summed E-state index contributed by atoms with van der Waals surface area (Å²) >= 11 is 6.91. The molecule has 214 valence electrons. The van der Waals surface area contributed by atoms with E-state index in [1.807, 2.05) is 0 Å². The van der Waals surface area contributed by atoms with Crippen molar-refractivity contribution in [2.24, 2.45) is 0 Å². The number of hydrogen-bond acceptors (Lipinski definition) is 7. The number of sulfonamides is 1. The number of benzene rings is 1. The van der Waals surface area contributed by atoms with Gasteiger partial charge in [0.25, 0.3) is 10.0 Å². The van der Waals surface area contributed by atoms with E-state index < -0.39 is 27.8 Å². The molecular formula is C27H28ClF3N4O3S2. The van der Waals surface area contributed by atoms with Gasteiger partial charge in [0.05, 0.1) is 21.6 Å². The van der Waals surface area contributed by atoms with Gasteiger partial charge in [0, 0.05) is 36.8 Å².